The standard InChI is InChI=1S/C7H8N2O2S2/c1-4(6(10)11)3-12-7-9-8-5(2)13-7/h1,3H2,2H3,(H,10,11). The van der Waals surface area contributed by atoms with Crippen LogP contribution in [-0.2, 0) is 4.79 Å². The summed E-state index contributed by atoms with van der Waals surface area (Å²) in [5.41, 5.74) is 0.179. The summed E-state index contributed by atoms with van der Waals surface area (Å²) >= 11 is 2.79. The van der Waals surface area contributed by atoms with Crippen LogP contribution >= 0.6 is 23.1 Å². The molecular weight excluding hydrogens is 208 g/mol. The Kier molecular flexibility index (Phi) is 3.44. The lowest BCUT2D eigenvalue weighted by atomic mass is 10.4. The Hall–Kier alpha value is -0.880. The van der Waals surface area contributed by atoms with Crippen LogP contribution in [0.4, 0.5) is 0 Å². The van der Waals surface area contributed by atoms with Crippen LogP contribution < -0.4 is 0 Å². The maximum Gasteiger partial charge on any atom is 0.331 e. The van der Waals surface area contributed by atoms with Crippen molar-refractivity contribution in [2.24, 2.45) is 0 Å². The van der Waals surface area contributed by atoms with E-state index in [1.807, 2.05) is 6.92 Å². The second kappa shape index (κ2) is 4.38. The van der Waals surface area contributed by atoms with Gasteiger partial charge in [0.1, 0.15) is 5.01 Å². The lowest BCUT2D eigenvalue weighted by Crippen LogP contribution is -2.00. The number of hydrogen-bond donors (Lipinski definition) is 1. The van der Waals surface area contributed by atoms with Gasteiger partial charge in [-0.1, -0.05) is 29.7 Å². The number of carbonyl (C=O) groups is 1. The normalized spacial score (nSPS) is 9.92. The molecule has 1 heterocycles. The lowest BCUT2D eigenvalue weighted by Gasteiger charge is -1.95. The van der Waals surface area contributed by atoms with E-state index in [1.54, 1.807) is 0 Å². The molecule has 0 aliphatic heterocycles. The van der Waals surface area contributed by atoms with Crippen molar-refractivity contribution in [1.29, 1.82) is 0 Å². The van der Waals surface area contributed by atoms with Crippen molar-refractivity contribution in [3.05, 3.63) is 17.2 Å². The predicted octanol–water partition coefficient (Wildman–Crippen LogP) is 1.58. The van der Waals surface area contributed by atoms with E-state index in [0.717, 1.165) is 9.35 Å². The molecule has 70 valence electrons. The topological polar surface area (TPSA) is 63.1 Å². The molecule has 0 aliphatic carbocycles. The Bertz CT molecular complexity index is 335. The molecule has 0 saturated heterocycles. The molecule has 4 nitrogen and oxygen atoms in total. The summed E-state index contributed by atoms with van der Waals surface area (Å²) in [4.78, 5) is 10.4. The maximum atomic E-state index is 10.4. The zero-order valence-electron chi connectivity index (χ0n) is 6.98. The van der Waals surface area contributed by atoms with E-state index in [9.17, 15) is 4.79 Å². The van der Waals surface area contributed by atoms with Crippen molar-refractivity contribution in [3.8, 4) is 0 Å². The van der Waals surface area contributed by atoms with Gasteiger partial charge in [-0.15, -0.1) is 10.2 Å². The average molecular weight is 216 g/mol. The van der Waals surface area contributed by atoms with Gasteiger partial charge in [-0.3, -0.25) is 0 Å². The first kappa shape index (κ1) is 10.2. The molecule has 0 unspecified atom stereocenters. The molecule has 1 N–H and O–H groups in total. The van der Waals surface area contributed by atoms with Crippen LogP contribution in [-0.4, -0.2) is 27.0 Å². The number of carboxylic acids is 1. The van der Waals surface area contributed by atoms with Gasteiger partial charge in [-0.2, -0.15) is 0 Å². The van der Waals surface area contributed by atoms with Crippen molar-refractivity contribution >= 4 is 29.1 Å². The highest BCUT2D eigenvalue weighted by molar-refractivity contribution is 8.01. The van der Waals surface area contributed by atoms with Crippen molar-refractivity contribution in [2.75, 3.05) is 5.75 Å². The molecule has 0 amide bonds. The van der Waals surface area contributed by atoms with Gasteiger partial charge in [0.15, 0.2) is 4.34 Å². The first-order valence-corrected chi connectivity index (χ1v) is 5.24. The Labute approximate surface area is 83.7 Å². The molecule has 0 bridgehead atoms. The molecule has 0 aromatic carbocycles. The van der Waals surface area contributed by atoms with Gasteiger partial charge < -0.3 is 5.11 Å². The minimum absolute atomic E-state index is 0.179. The van der Waals surface area contributed by atoms with Crippen LogP contribution in [0.2, 0.25) is 0 Å². The Morgan fingerprint density at radius 2 is 2.38 bits per heavy atom. The highest BCUT2D eigenvalue weighted by atomic mass is 32.2. The van der Waals surface area contributed by atoms with E-state index in [4.69, 9.17) is 5.11 Å². The number of aliphatic carboxylic acids is 1. The summed E-state index contributed by atoms with van der Waals surface area (Å²) in [6.45, 7) is 5.27. The molecule has 0 spiro atoms. The fraction of sp³-hybridized carbons (Fsp3) is 0.286. The van der Waals surface area contributed by atoms with E-state index in [2.05, 4.69) is 16.8 Å². The molecule has 0 fully saturated rings. The van der Waals surface area contributed by atoms with Crippen molar-refractivity contribution < 1.29 is 9.90 Å². The second-order valence-electron chi connectivity index (χ2n) is 2.28. The molecule has 0 aliphatic rings. The maximum absolute atomic E-state index is 10.4. The number of carboxylic acid groups (broad SMARTS) is 1. The highest BCUT2D eigenvalue weighted by Crippen LogP contribution is 2.23. The number of hydrogen-bond acceptors (Lipinski definition) is 5. The largest absolute Gasteiger partial charge is 0.478 e. The second-order valence-corrected chi connectivity index (χ2v) is 4.69. The van der Waals surface area contributed by atoms with Crippen LogP contribution in [0.1, 0.15) is 5.01 Å². The average Bonchev–Trinajstić information content (AvgIpc) is 2.47. The minimum atomic E-state index is -0.964. The molecular formula is C7H8N2O2S2. The van der Waals surface area contributed by atoms with E-state index < -0.39 is 5.97 Å². The molecule has 13 heavy (non-hydrogen) atoms. The van der Waals surface area contributed by atoms with Crippen LogP contribution in [0, 0.1) is 6.92 Å². The Balaban J connectivity index is 2.44. The molecule has 0 atom stereocenters. The first-order chi connectivity index (χ1) is 6.09. The van der Waals surface area contributed by atoms with E-state index >= 15 is 0 Å². The predicted molar refractivity (Wildman–Crippen MR) is 52.1 cm³/mol. The third-order valence-corrected chi connectivity index (χ3v) is 3.24. The summed E-state index contributed by atoms with van der Waals surface area (Å²) in [6.07, 6.45) is 0. The van der Waals surface area contributed by atoms with Gasteiger partial charge in [0, 0.05) is 11.3 Å². The fourth-order valence-corrected chi connectivity index (χ4v) is 2.26. The minimum Gasteiger partial charge on any atom is -0.478 e. The summed E-state index contributed by atoms with van der Waals surface area (Å²) in [5.74, 6) is -0.613. The molecule has 1 aromatic heterocycles. The van der Waals surface area contributed by atoms with Crippen molar-refractivity contribution in [2.45, 2.75) is 11.3 Å². The van der Waals surface area contributed by atoms with Crippen molar-refractivity contribution in [3.63, 3.8) is 0 Å². The van der Waals surface area contributed by atoms with E-state index in [-0.39, 0.29) is 5.57 Å². The number of aromatic nitrogens is 2. The molecule has 0 radical (unpaired) electrons. The first-order valence-electron chi connectivity index (χ1n) is 3.43. The summed E-state index contributed by atoms with van der Waals surface area (Å²) in [6, 6.07) is 0. The summed E-state index contributed by atoms with van der Waals surface area (Å²) < 4.78 is 0.778. The summed E-state index contributed by atoms with van der Waals surface area (Å²) in [5, 5.41) is 17.1. The van der Waals surface area contributed by atoms with Gasteiger partial charge in [0.25, 0.3) is 0 Å². The third kappa shape index (κ3) is 3.16. The van der Waals surface area contributed by atoms with Crippen LogP contribution in [0.5, 0.6) is 0 Å². The Morgan fingerprint density at radius 3 is 2.85 bits per heavy atom. The number of rotatable bonds is 4. The number of aryl methyl sites for hydroxylation is 1. The molecule has 6 heteroatoms. The van der Waals surface area contributed by atoms with Crippen molar-refractivity contribution in [1.82, 2.24) is 10.2 Å². The van der Waals surface area contributed by atoms with Crippen LogP contribution in [0.25, 0.3) is 0 Å². The number of thioether (sulfide) groups is 1. The zero-order chi connectivity index (χ0) is 9.84. The summed E-state index contributed by atoms with van der Waals surface area (Å²) in [7, 11) is 0. The van der Waals surface area contributed by atoms with E-state index in [0.29, 0.717) is 5.75 Å². The highest BCUT2D eigenvalue weighted by Gasteiger charge is 2.06. The lowest BCUT2D eigenvalue weighted by molar-refractivity contribution is -0.132. The van der Waals surface area contributed by atoms with Gasteiger partial charge >= 0.3 is 5.97 Å². The van der Waals surface area contributed by atoms with E-state index in [1.165, 1.54) is 23.1 Å². The van der Waals surface area contributed by atoms with Gasteiger partial charge in [0.05, 0.1) is 0 Å². The smallest absolute Gasteiger partial charge is 0.331 e. The molecule has 1 aromatic rings. The Morgan fingerprint density at radius 1 is 1.69 bits per heavy atom. The molecule has 1 rings (SSSR count). The fourth-order valence-electron chi connectivity index (χ4n) is 0.547. The third-order valence-electron chi connectivity index (χ3n) is 1.18. The monoisotopic (exact) mass is 216 g/mol. The van der Waals surface area contributed by atoms with Gasteiger partial charge in [0.2, 0.25) is 0 Å². The quantitative estimate of drug-likeness (QED) is 0.611. The zero-order valence-corrected chi connectivity index (χ0v) is 8.61. The van der Waals surface area contributed by atoms with Gasteiger partial charge in [-0.05, 0) is 6.92 Å². The molecule has 0 saturated carbocycles. The number of nitrogens with zero attached hydrogens (tertiary/aromatic N) is 2. The SMILES string of the molecule is C=C(CSc1nnc(C)s1)C(=O)O. The van der Waals surface area contributed by atoms with Gasteiger partial charge in [-0.25, -0.2) is 4.79 Å². The van der Waals surface area contributed by atoms with Crippen LogP contribution in [0.3, 0.4) is 0 Å². The van der Waals surface area contributed by atoms with Crippen LogP contribution in [0.15, 0.2) is 16.5 Å².